The van der Waals surface area contributed by atoms with E-state index in [1.54, 1.807) is 6.92 Å². The van der Waals surface area contributed by atoms with E-state index >= 15 is 0 Å². The third kappa shape index (κ3) is 4.43. The Labute approximate surface area is 172 Å². The van der Waals surface area contributed by atoms with Gasteiger partial charge in [-0.05, 0) is 38.5 Å². The van der Waals surface area contributed by atoms with Crippen LogP contribution in [-0.2, 0) is 18.4 Å². The first-order chi connectivity index (χ1) is 13.8. The minimum Gasteiger partial charge on any atom is -0.476 e. The SMILES string of the molecule is Cc1nn(C)c(C)c1[C@H]1[C@H](CNCc2ccc(O[C@H](C)C#N)cc2)CC(=O)N1C. The standard InChI is InChI=1S/C22H29N5O2/c1-14(11-23)29-19-8-6-17(7-9-19)12-24-13-18-10-20(28)26(4)22(18)21-15(2)25-27(5)16(21)3/h6-9,14,18,22,24H,10,12-13H2,1-5H3/t14-,18+,22-/m1/s1. The maximum absolute atomic E-state index is 12.4. The first-order valence-electron chi connectivity index (χ1n) is 9.93. The average molecular weight is 396 g/mol. The van der Waals surface area contributed by atoms with Crippen molar-refractivity contribution >= 4 is 5.91 Å². The molecule has 3 rings (SSSR count). The van der Waals surface area contributed by atoms with Crippen molar-refractivity contribution in [3.63, 3.8) is 0 Å². The highest BCUT2D eigenvalue weighted by molar-refractivity contribution is 5.79. The van der Waals surface area contributed by atoms with Gasteiger partial charge in [-0.25, -0.2) is 0 Å². The van der Waals surface area contributed by atoms with E-state index in [0.717, 1.165) is 23.5 Å². The maximum Gasteiger partial charge on any atom is 0.223 e. The van der Waals surface area contributed by atoms with Crippen LogP contribution in [0.25, 0.3) is 0 Å². The normalized spacial score (nSPS) is 20.0. The van der Waals surface area contributed by atoms with Crippen LogP contribution in [0.1, 0.15) is 41.9 Å². The zero-order chi connectivity index (χ0) is 21.1. The van der Waals surface area contributed by atoms with Crippen molar-refractivity contribution in [3.8, 4) is 11.8 Å². The molecule has 0 aliphatic carbocycles. The molecule has 0 radical (unpaired) electrons. The minimum atomic E-state index is -0.466. The van der Waals surface area contributed by atoms with Crippen LogP contribution in [0.4, 0.5) is 0 Å². The monoisotopic (exact) mass is 395 g/mol. The molecule has 154 valence electrons. The number of carbonyl (C=O) groups is 1. The summed E-state index contributed by atoms with van der Waals surface area (Å²) < 4.78 is 7.37. The molecule has 0 unspecified atom stereocenters. The third-order valence-electron chi connectivity index (χ3n) is 5.71. The summed E-state index contributed by atoms with van der Waals surface area (Å²) in [5, 5.41) is 16.9. The summed E-state index contributed by atoms with van der Waals surface area (Å²) in [6, 6.07) is 9.84. The minimum absolute atomic E-state index is 0.0481. The molecule has 7 heteroatoms. The Hall–Kier alpha value is -2.85. The fourth-order valence-electron chi connectivity index (χ4n) is 4.10. The Morgan fingerprint density at radius 2 is 2.00 bits per heavy atom. The Morgan fingerprint density at radius 1 is 1.31 bits per heavy atom. The van der Waals surface area contributed by atoms with Crippen molar-refractivity contribution in [2.24, 2.45) is 13.0 Å². The number of hydrogen-bond acceptors (Lipinski definition) is 5. The zero-order valence-electron chi connectivity index (χ0n) is 17.8. The molecule has 1 aromatic carbocycles. The number of rotatable bonds is 7. The molecule has 3 atom stereocenters. The van der Waals surface area contributed by atoms with Gasteiger partial charge in [0.05, 0.1) is 11.7 Å². The summed E-state index contributed by atoms with van der Waals surface area (Å²) in [5.41, 5.74) is 4.40. The van der Waals surface area contributed by atoms with E-state index in [1.807, 2.05) is 54.9 Å². The van der Waals surface area contributed by atoms with Gasteiger partial charge in [0.25, 0.3) is 0 Å². The van der Waals surface area contributed by atoms with Gasteiger partial charge >= 0.3 is 0 Å². The van der Waals surface area contributed by atoms with Gasteiger partial charge in [0.2, 0.25) is 5.91 Å². The molecule has 0 bridgehead atoms. The van der Waals surface area contributed by atoms with Crippen molar-refractivity contribution in [1.29, 1.82) is 5.26 Å². The van der Waals surface area contributed by atoms with Gasteiger partial charge in [-0.1, -0.05) is 12.1 Å². The van der Waals surface area contributed by atoms with Crippen molar-refractivity contribution < 1.29 is 9.53 Å². The molecule has 29 heavy (non-hydrogen) atoms. The van der Waals surface area contributed by atoms with Gasteiger partial charge < -0.3 is 15.0 Å². The molecule has 1 saturated heterocycles. The lowest BCUT2D eigenvalue weighted by atomic mass is 9.92. The van der Waals surface area contributed by atoms with Crippen LogP contribution >= 0.6 is 0 Å². The van der Waals surface area contributed by atoms with E-state index in [-0.39, 0.29) is 17.9 Å². The van der Waals surface area contributed by atoms with E-state index in [4.69, 9.17) is 10.00 Å². The molecule has 0 saturated carbocycles. The molecule has 1 aliphatic rings. The predicted molar refractivity (Wildman–Crippen MR) is 110 cm³/mol. The van der Waals surface area contributed by atoms with Crippen LogP contribution < -0.4 is 10.1 Å². The Kier molecular flexibility index (Phi) is 6.23. The third-order valence-corrected chi connectivity index (χ3v) is 5.71. The number of hydrogen-bond donors (Lipinski definition) is 1. The number of amides is 1. The van der Waals surface area contributed by atoms with Crippen LogP contribution in [0.3, 0.4) is 0 Å². The number of ether oxygens (including phenoxy) is 1. The first kappa shape index (κ1) is 20.9. The fourth-order valence-corrected chi connectivity index (χ4v) is 4.10. The number of carbonyl (C=O) groups excluding carboxylic acids is 1. The summed E-state index contributed by atoms with van der Waals surface area (Å²) in [6.45, 7) is 7.25. The number of benzene rings is 1. The summed E-state index contributed by atoms with van der Waals surface area (Å²) in [4.78, 5) is 14.3. The van der Waals surface area contributed by atoms with Gasteiger partial charge in [0.1, 0.15) is 11.8 Å². The van der Waals surface area contributed by atoms with E-state index in [1.165, 1.54) is 5.56 Å². The molecule has 2 aromatic rings. The maximum atomic E-state index is 12.4. The van der Waals surface area contributed by atoms with E-state index in [0.29, 0.717) is 18.7 Å². The molecule has 1 fully saturated rings. The molecule has 2 heterocycles. The Bertz CT molecular complexity index is 913. The van der Waals surface area contributed by atoms with Crippen LogP contribution in [0.2, 0.25) is 0 Å². The second-order valence-electron chi connectivity index (χ2n) is 7.79. The highest BCUT2D eigenvalue weighted by Gasteiger charge is 2.40. The van der Waals surface area contributed by atoms with Crippen molar-refractivity contribution in [2.75, 3.05) is 13.6 Å². The molecule has 1 aromatic heterocycles. The van der Waals surface area contributed by atoms with E-state index in [9.17, 15) is 4.79 Å². The molecular formula is C22H29N5O2. The van der Waals surface area contributed by atoms with Crippen LogP contribution in [-0.4, -0.2) is 40.3 Å². The molecule has 7 nitrogen and oxygen atoms in total. The summed E-state index contributed by atoms with van der Waals surface area (Å²) in [5.74, 6) is 1.07. The lowest BCUT2D eigenvalue weighted by Crippen LogP contribution is -2.29. The van der Waals surface area contributed by atoms with Crippen LogP contribution in [0.15, 0.2) is 24.3 Å². The Balaban J connectivity index is 1.63. The molecule has 1 N–H and O–H groups in total. The van der Waals surface area contributed by atoms with Gasteiger partial charge in [0, 0.05) is 50.8 Å². The first-order valence-corrected chi connectivity index (χ1v) is 9.93. The second-order valence-corrected chi connectivity index (χ2v) is 7.79. The Morgan fingerprint density at radius 3 is 2.59 bits per heavy atom. The van der Waals surface area contributed by atoms with Gasteiger partial charge in [-0.15, -0.1) is 0 Å². The summed E-state index contributed by atoms with van der Waals surface area (Å²) >= 11 is 0. The number of nitrogens with one attached hydrogen (secondary N) is 1. The number of likely N-dealkylation sites (tertiary alicyclic amines) is 1. The smallest absolute Gasteiger partial charge is 0.223 e. The average Bonchev–Trinajstić information content (AvgIpc) is 3.11. The van der Waals surface area contributed by atoms with Gasteiger partial charge in [0.15, 0.2) is 6.10 Å². The van der Waals surface area contributed by atoms with Crippen LogP contribution in [0, 0.1) is 31.1 Å². The zero-order valence-corrected chi connectivity index (χ0v) is 17.8. The fraction of sp³-hybridized carbons (Fsp3) is 0.500. The summed E-state index contributed by atoms with van der Waals surface area (Å²) in [6.07, 6.45) is 0.0769. The lowest BCUT2D eigenvalue weighted by molar-refractivity contribution is -0.127. The summed E-state index contributed by atoms with van der Waals surface area (Å²) in [7, 11) is 3.83. The topological polar surface area (TPSA) is 83.2 Å². The largest absolute Gasteiger partial charge is 0.476 e. The molecule has 1 amide bonds. The lowest BCUT2D eigenvalue weighted by Gasteiger charge is -2.26. The highest BCUT2D eigenvalue weighted by atomic mass is 16.5. The number of aromatic nitrogens is 2. The van der Waals surface area contributed by atoms with Crippen LogP contribution in [0.5, 0.6) is 5.75 Å². The van der Waals surface area contributed by atoms with Crippen molar-refractivity contribution in [3.05, 3.63) is 46.8 Å². The number of aryl methyl sites for hydroxylation is 2. The molecule has 1 aliphatic heterocycles. The number of nitrogens with zero attached hydrogens (tertiary/aromatic N) is 4. The van der Waals surface area contributed by atoms with E-state index < -0.39 is 6.10 Å². The van der Waals surface area contributed by atoms with E-state index in [2.05, 4.69) is 23.4 Å². The molecular weight excluding hydrogens is 366 g/mol. The predicted octanol–water partition coefficient (Wildman–Crippen LogP) is 2.64. The van der Waals surface area contributed by atoms with Crippen molar-refractivity contribution in [1.82, 2.24) is 20.0 Å². The van der Waals surface area contributed by atoms with Crippen molar-refractivity contribution in [2.45, 2.75) is 45.9 Å². The van der Waals surface area contributed by atoms with Gasteiger partial charge in [-0.2, -0.15) is 10.4 Å². The number of nitriles is 1. The highest BCUT2D eigenvalue weighted by Crippen LogP contribution is 2.39. The van der Waals surface area contributed by atoms with Gasteiger partial charge in [-0.3, -0.25) is 9.48 Å². The molecule has 0 spiro atoms. The quantitative estimate of drug-likeness (QED) is 0.779. The second kappa shape index (κ2) is 8.66.